The summed E-state index contributed by atoms with van der Waals surface area (Å²) in [5.41, 5.74) is 4.06. The number of aryl methyl sites for hydroxylation is 1. The lowest BCUT2D eigenvalue weighted by molar-refractivity contribution is 1.09. The number of rotatable bonds is 3. The van der Waals surface area contributed by atoms with E-state index in [-0.39, 0.29) is 0 Å². The standard InChI is InChI=1S/C11H14N4/c1-3-12-10-4-8(2)15-11(5-10)9-6-13-14-7-9/h4-7H,3H2,1-2H3,(H,12,15)(H,13,14). The topological polar surface area (TPSA) is 53.6 Å². The summed E-state index contributed by atoms with van der Waals surface area (Å²) in [7, 11) is 0. The van der Waals surface area contributed by atoms with Gasteiger partial charge in [-0.3, -0.25) is 10.1 Å². The molecule has 0 saturated heterocycles. The first-order valence-electron chi connectivity index (χ1n) is 5.01. The Bertz CT molecular complexity index is 434. The molecule has 0 atom stereocenters. The SMILES string of the molecule is CCNc1cc(C)nc(-c2cn[nH]c2)c1. The molecule has 0 fully saturated rings. The Morgan fingerprint density at radius 1 is 1.40 bits per heavy atom. The van der Waals surface area contributed by atoms with Crippen LogP contribution in [0.1, 0.15) is 12.6 Å². The molecule has 0 amide bonds. The molecule has 2 rings (SSSR count). The molecule has 78 valence electrons. The van der Waals surface area contributed by atoms with Gasteiger partial charge in [-0.2, -0.15) is 5.10 Å². The molecule has 4 heteroatoms. The number of H-pyrrole nitrogens is 1. The maximum atomic E-state index is 4.46. The number of anilines is 1. The van der Waals surface area contributed by atoms with E-state index in [2.05, 4.69) is 27.4 Å². The fraction of sp³-hybridized carbons (Fsp3) is 0.273. The Kier molecular flexibility index (Phi) is 2.67. The van der Waals surface area contributed by atoms with E-state index in [0.29, 0.717) is 0 Å². The zero-order chi connectivity index (χ0) is 10.7. The van der Waals surface area contributed by atoms with Gasteiger partial charge >= 0.3 is 0 Å². The largest absolute Gasteiger partial charge is 0.385 e. The number of aromatic nitrogens is 3. The van der Waals surface area contributed by atoms with Crippen molar-refractivity contribution in [2.45, 2.75) is 13.8 Å². The highest BCUT2D eigenvalue weighted by molar-refractivity contribution is 5.63. The van der Waals surface area contributed by atoms with Gasteiger partial charge < -0.3 is 5.32 Å². The van der Waals surface area contributed by atoms with Crippen LogP contribution in [0.5, 0.6) is 0 Å². The van der Waals surface area contributed by atoms with Crippen LogP contribution in [0.25, 0.3) is 11.3 Å². The third-order valence-corrected chi connectivity index (χ3v) is 2.13. The molecule has 4 nitrogen and oxygen atoms in total. The lowest BCUT2D eigenvalue weighted by atomic mass is 10.2. The Labute approximate surface area is 88.8 Å². The number of pyridine rings is 1. The Morgan fingerprint density at radius 3 is 2.93 bits per heavy atom. The lowest BCUT2D eigenvalue weighted by Gasteiger charge is -2.06. The first-order chi connectivity index (χ1) is 7.29. The Hall–Kier alpha value is -1.84. The average molecular weight is 202 g/mol. The molecule has 0 radical (unpaired) electrons. The van der Waals surface area contributed by atoms with Crippen molar-refractivity contribution < 1.29 is 0 Å². The molecule has 2 aromatic heterocycles. The molecular weight excluding hydrogens is 188 g/mol. The van der Waals surface area contributed by atoms with Gasteiger partial charge in [0.1, 0.15) is 0 Å². The van der Waals surface area contributed by atoms with Gasteiger partial charge in [-0.25, -0.2) is 0 Å². The second-order valence-corrected chi connectivity index (χ2v) is 3.40. The Morgan fingerprint density at radius 2 is 2.27 bits per heavy atom. The van der Waals surface area contributed by atoms with E-state index in [4.69, 9.17) is 0 Å². The summed E-state index contributed by atoms with van der Waals surface area (Å²) in [6.07, 6.45) is 3.62. The summed E-state index contributed by atoms with van der Waals surface area (Å²) in [4.78, 5) is 4.46. The van der Waals surface area contributed by atoms with Crippen molar-refractivity contribution in [3.8, 4) is 11.3 Å². The third kappa shape index (κ3) is 2.15. The van der Waals surface area contributed by atoms with Gasteiger partial charge in [-0.15, -0.1) is 0 Å². The number of nitrogens with one attached hydrogen (secondary N) is 2. The minimum absolute atomic E-state index is 0.911. The molecule has 0 saturated carbocycles. The van der Waals surface area contributed by atoms with Gasteiger partial charge in [0.25, 0.3) is 0 Å². The smallest absolute Gasteiger partial charge is 0.0757 e. The van der Waals surface area contributed by atoms with Crippen molar-refractivity contribution in [3.05, 3.63) is 30.2 Å². The lowest BCUT2D eigenvalue weighted by Crippen LogP contribution is -1.98. The Balaban J connectivity index is 2.40. The predicted molar refractivity (Wildman–Crippen MR) is 60.7 cm³/mol. The van der Waals surface area contributed by atoms with Crippen molar-refractivity contribution in [2.75, 3.05) is 11.9 Å². The number of hydrogen-bond donors (Lipinski definition) is 2. The van der Waals surface area contributed by atoms with Gasteiger partial charge in [-0.1, -0.05) is 0 Å². The van der Waals surface area contributed by atoms with Crippen molar-refractivity contribution in [2.24, 2.45) is 0 Å². The van der Waals surface area contributed by atoms with Crippen molar-refractivity contribution in [1.82, 2.24) is 15.2 Å². The monoisotopic (exact) mass is 202 g/mol. The van der Waals surface area contributed by atoms with Gasteiger partial charge in [0, 0.05) is 29.7 Å². The van der Waals surface area contributed by atoms with E-state index in [1.165, 1.54) is 0 Å². The highest BCUT2D eigenvalue weighted by Gasteiger charge is 2.03. The highest BCUT2D eigenvalue weighted by atomic mass is 15.1. The first-order valence-corrected chi connectivity index (χ1v) is 5.01. The van der Waals surface area contributed by atoms with Crippen LogP contribution in [0.2, 0.25) is 0 Å². The van der Waals surface area contributed by atoms with Gasteiger partial charge in [0.2, 0.25) is 0 Å². The molecule has 2 N–H and O–H groups in total. The van der Waals surface area contributed by atoms with E-state index < -0.39 is 0 Å². The van der Waals surface area contributed by atoms with Crippen LogP contribution in [0.3, 0.4) is 0 Å². The van der Waals surface area contributed by atoms with Crippen molar-refractivity contribution >= 4 is 5.69 Å². The van der Waals surface area contributed by atoms with E-state index in [0.717, 1.165) is 29.2 Å². The van der Waals surface area contributed by atoms with Crippen LogP contribution in [-0.4, -0.2) is 21.7 Å². The van der Waals surface area contributed by atoms with Crippen LogP contribution in [0.15, 0.2) is 24.5 Å². The molecular formula is C11H14N4. The van der Waals surface area contributed by atoms with Crippen molar-refractivity contribution in [3.63, 3.8) is 0 Å². The average Bonchev–Trinajstić information content (AvgIpc) is 2.70. The molecule has 0 aliphatic rings. The summed E-state index contributed by atoms with van der Waals surface area (Å²) >= 11 is 0. The molecule has 0 aliphatic carbocycles. The molecule has 0 unspecified atom stereocenters. The highest BCUT2D eigenvalue weighted by Crippen LogP contribution is 2.20. The zero-order valence-electron chi connectivity index (χ0n) is 8.91. The van der Waals surface area contributed by atoms with E-state index in [9.17, 15) is 0 Å². The molecule has 2 aromatic rings. The molecule has 0 aliphatic heterocycles. The van der Waals surface area contributed by atoms with E-state index >= 15 is 0 Å². The maximum absolute atomic E-state index is 4.46. The summed E-state index contributed by atoms with van der Waals surface area (Å²) in [5, 5.41) is 9.99. The normalized spacial score (nSPS) is 10.3. The summed E-state index contributed by atoms with van der Waals surface area (Å²) in [5.74, 6) is 0. The third-order valence-electron chi connectivity index (χ3n) is 2.13. The molecule has 0 aromatic carbocycles. The molecule has 0 spiro atoms. The van der Waals surface area contributed by atoms with Gasteiger partial charge in [-0.05, 0) is 26.0 Å². The van der Waals surface area contributed by atoms with Gasteiger partial charge in [0.05, 0.1) is 11.9 Å². The second-order valence-electron chi connectivity index (χ2n) is 3.40. The summed E-state index contributed by atoms with van der Waals surface area (Å²) in [6.45, 7) is 4.98. The van der Waals surface area contributed by atoms with Crippen LogP contribution in [0, 0.1) is 6.92 Å². The van der Waals surface area contributed by atoms with Crippen LogP contribution in [0.4, 0.5) is 5.69 Å². The zero-order valence-corrected chi connectivity index (χ0v) is 8.91. The van der Waals surface area contributed by atoms with E-state index in [1.54, 1.807) is 6.20 Å². The predicted octanol–water partition coefficient (Wildman–Crippen LogP) is 2.21. The summed E-state index contributed by atoms with van der Waals surface area (Å²) in [6, 6.07) is 4.06. The maximum Gasteiger partial charge on any atom is 0.0757 e. The number of aromatic amines is 1. The van der Waals surface area contributed by atoms with Crippen LogP contribution in [-0.2, 0) is 0 Å². The minimum Gasteiger partial charge on any atom is -0.385 e. The number of hydrogen-bond acceptors (Lipinski definition) is 3. The molecule has 15 heavy (non-hydrogen) atoms. The molecule has 0 bridgehead atoms. The summed E-state index contributed by atoms with van der Waals surface area (Å²) < 4.78 is 0. The van der Waals surface area contributed by atoms with Crippen LogP contribution >= 0.6 is 0 Å². The molecule has 2 heterocycles. The fourth-order valence-corrected chi connectivity index (χ4v) is 1.51. The quantitative estimate of drug-likeness (QED) is 0.802. The van der Waals surface area contributed by atoms with E-state index in [1.807, 2.05) is 25.3 Å². The van der Waals surface area contributed by atoms with Crippen molar-refractivity contribution in [1.29, 1.82) is 0 Å². The first kappa shape index (κ1) is 9.71. The number of nitrogens with zero attached hydrogens (tertiary/aromatic N) is 2. The van der Waals surface area contributed by atoms with Crippen LogP contribution < -0.4 is 5.32 Å². The minimum atomic E-state index is 0.911. The van der Waals surface area contributed by atoms with Gasteiger partial charge in [0.15, 0.2) is 0 Å². The fourth-order valence-electron chi connectivity index (χ4n) is 1.51. The second kappa shape index (κ2) is 4.13.